The van der Waals surface area contributed by atoms with Crippen LogP contribution in [0.5, 0.6) is 11.5 Å². The maximum Gasteiger partial charge on any atom is 0.392 e. The maximum absolute atomic E-state index is 16.1. The number of likely N-dealkylation sites (tertiary alicyclic amines) is 3. The first-order valence-electron chi connectivity index (χ1n) is 20.5. The third kappa shape index (κ3) is 9.67. The number of aliphatic hydroxyl groups is 1. The fourth-order valence-corrected chi connectivity index (χ4v) is 9.55. The van der Waals surface area contributed by atoms with Crippen molar-refractivity contribution in [3.05, 3.63) is 48.0 Å². The third-order valence-corrected chi connectivity index (χ3v) is 13.4. The van der Waals surface area contributed by atoms with Gasteiger partial charge < -0.3 is 29.3 Å². The second-order valence-electron chi connectivity index (χ2n) is 16.9. The first-order valence-corrected chi connectivity index (χ1v) is 20.5. The molecule has 2 aromatic rings. The van der Waals surface area contributed by atoms with Crippen LogP contribution in [0, 0.1) is 35.5 Å². The zero-order chi connectivity index (χ0) is 40.5. The Hall–Kier alpha value is -3.17. The average molecular weight is 816 g/mol. The largest absolute Gasteiger partial charge is 0.459 e. The molecule has 0 spiro atoms. The summed E-state index contributed by atoms with van der Waals surface area (Å²) >= 11 is 0. The van der Waals surface area contributed by atoms with Crippen LogP contribution in [0.4, 0.5) is 35.1 Å². The number of amides is 1. The number of piperidine rings is 2. The average Bonchev–Trinajstić information content (AvgIpc) is 3.63. The zero-order valence-corrected chi connectivity index (χ0v) is 32.0. The standard InChI is InChI=1S/C42H53F8N3O4/c43-38(26-13-18-51(19-14-26)23-29-8-11-34(29)41(45,46)47)56-36-6-2-1-5-32(36)28-7-10-33(40(55)53-17-3-4-31(53)25-54)37(22-28)57-39(44)27-15-20-52(21-16-27)24-30-9-12-35(30)42(48,49)50/h1-2,5-7,10,22,26-27,29-31,34-35,38-39,54H,3-4,8-9,11-21,23-25H2. The molecule has 0 aromatic heterocycles. The second-order valence-corrected chi connectivity index (χ2v) is 16.9. The van der Waals surface area contributed by atoms with Crippen LogP contribution in [0.2, 0.25) is 0 Å². The number of carbonyl (C=O) groups is 1. The Balaban J connectivity index is 1.02. The lowest BCUT2D eigenvalue weighted by molar-refractivity contribution is -0.216. The molecule has 2 aliphatic carbocycles. The van der Waals surface area contributed by atoms with Gasteiger partial charge in [0.25, 0.3) is 5.91 Å². The highest BCUT2D eigenvalue weighted by Crippen LogP contribution is 2.47. The summed E-state index contributed by atoms with van der Waals surface area (Å²) < 4.78 is 124. The van der Waals surface area contributed by atoms with Gasteiger partial charge >= 0.3 is 12.4 Å². The van der Waals surface area contributed by atoms with Crippen LogP contribution in [-0.2, 0) is 0 Å². The van der Waals surface area contributed by atoms with Crippen LogP contribution in [0.3, 0.4) is 0 Å². The molecular formula is C42H53F8N3O4. The number of alkyl halides is 8. The highest BCUT2D eigenvalue weighted by molar-refractivity contribution is 5.98. The van der Waals surface area contributed by atoms with Crippen molar-refractivity contribution in [1.29, 1.82) is 0 Å². The minimum atomic E-state index is -4.21. The van der Waals surface area contributed by atoms with Crippen LogP contribution in [0.15, 0.2) is 42.5 Å². The van der Waals surface area contributed by atoms with Crippen molar-refractivity contribution in [2.45, 2.75) is 95.3 Å². The van der Waals surface area contributed by atoms with E-state index in [4.69, 9.17) is 9.47 Å². The van der Waals surface area contributed by atoms with Gasteiger partial charge in [0.15, 0.2) is 0 Å². The zero-order valence-electron chi connectivity index (χ0n) is 32.0. The fourth-order valence-electron chi connectivity index (χ4n) is 9.55. The molecular weight excluding hydrogens is 762 g/mol. The van der Waals surface area contributed by atoms with Crippen molar-refractivity contribution in [2.75, 3.05) is 52.4 Å². The number of hydrogen-bond donors (Lipinski definition) is 1. The van der Waals surface area contributed by atoms with Crippen LogP contribution >= 0.6 is 0 Å². The molecule has 5 aliphatic rings. The fraction of sp³-hybridized carbons (Fsp3) is 0.690. The number of aliphatic hydroxyl groups excluding tert-OH is 1. The van der Waals surface area contributed by atoms with Gasteiger partial charge in [0.05, 0.1) is 30.0 Å². The van der Waals surface area contributed by atoms with Gasteiger partial charge in [0.2, 0.25) is 12.7 Å². The Labute approximate surface area is 328 Å². The van der Waals surface area contributed by atoms with E-state index in [1.165, 1.54) is 12.1 Å². The number of benzene rings is 2. The Morgan fingerprint density at radius 2 is 1.21 bits per heavy atom. The molecule has 3 saturated heterocycles. The molecule has 0 bridgehead atoms. The topological polar surface area (TPSA) is 65.5 Å². The predicted octanol–water partition coefficient (Wildman–Crippen LogP) is 8.90. The van der Waals surface area contributed by atoms with Crippen molar-refractivity contribution in [2.24, 2.45) is 35.5 Å². The number of para-hydroxylation sites is 1. The van der Waals surface area contributed by atoms with Crippen molar-refractivity contribution >= 4 is 5.91 Å². The van der Waals surface area contributed by atoms with Crippen LogP contribution < -0.4 is 9.47 Å². The summed E-state index contributed by atoms with van der Waals surface area (Å²) in [5.74, 6) is -4.66. The molecule has 2 saturated carbocycles. The first kappa shape index (κ1) is 42.0. The number of carbonyl (C=O) groups excluding carboxylic acids is 1. The van der Waals surface area contributed by atoms with Gasteiger partial charge in [-0.25, -0.2) is 8.78 Å². The monoisotopic (exact) mass is 815 g/mol. The van der Waals surface area contributed by atoms with Crippen molar-refractivity contribution in [3.63, 3.8) is 0 Å². The number of rotatable bonds is 13. The van der Waals surface area contributed by atoms with E-state index in [2.05, 4.69) is 0 Å². The summed E-state index contributed by atoms with van der Waals surface area (Å²) in [5.41, 5.74) is 1.08. The van der Waals surface area contributed by atoms with E-state index >= 15 is 8.78 Å². The van der Waals surface area contributed by atoms with Crippen LogP contribution in [0.25, 0.3) is 11.1 Å². The number of hydrogen-bond acceptors (Lipinski definition) is 6. The molecule has 3 aliphatic heterocycles. The van der Waals surface area contributed by atoms with E-state index in [0.29, 0.717) is 108 Å². The number of nitrogens with zero attached hydrogens (tertiary/aromatic N) is 3. The van der Waals surface area contributed by atoms with Gasteiger partial charge in [-0.2, -0.15) is 26.3 Å². The summed E-state index contributed by atoms with van der Waals surface area (Å²) in [6, 6.07) is 11.1. The van der Waals surface area contributed by atoms with Gasteiger partial charge in [-0.3, -0.25) is 4.79 Å². The molecule has 7 atom stereocenters. The highest BCUT2D eigenvalue weighted by Gasteiger charge is 2.51. The Kier molecular flexibility index (Phi) is 13.0. The number of halogens is 8. The normalized spacial score (nSPS) is 28.1. The highest BCUT2D eigenvalue weighted by atomic mass is 19.4. The van der Waals surface area contributed by atoms with E-state index in [9.17, 15) is 36.2 Å². The SMILES string of the molecule is O=C(c1ccc(-c2ccccc2OC(F)C2CCN(CC3CCC3C(F)(F)F)CC2)cc1OC(F)C1CCN(CC2CCC2C(F)(F)F)CC1)N1CCCC1CO. The Bertz CT molecular complexity index is 1660. The molecule has 7 unspecified atom stereocenters. The van der Waals surface area contributed by atoms with Gasteiger partial charge in [0, 0.05) is 37.0 Å². The second kappa shape index (κ2) is 17.6. The molecule has 1 N–H and O–H groups in total. The maximum atomic E-state index is 16.1. The van der Waals surface area contributed by atoms with Crippen molar-refractivity contribution < 1.29 is 54.5 Å². The summed E-state index contributed by atoms with van der Waals surface area (Å²) in [6.45, 7) is 2.69. The lowest BCUT2D eigenvalue weighted by Crippen LogP contribution is -2.47. The summed E-state index contributed by atoms with van der Waals surface area (Å²) in [4.78, 5) is 19.4. The third-order valence-electron chi connectivity index (χ3n) is 13.4. The lowest BCUT2D eigenvalue weighted by Gasteiger charge is -2.42. The van der Waals surface area contributed by atoms with Gasteiger partial charge in [-0.1, -0.05) is 24.3 Å². The molecule has 2 aromatic carbocycles. The van der Waals surface area contributed by atoms with E-state index in [0.717, 1.165) is 0 Å². The van der Waals surface area contributed by atoms with E-state index in [1.807, 2.05) is 9.80 Å². The van der Waals surface area contributed by atoms with Crippen LogP contribution in [0.1, 0.15) is 74.6 Å². The molecule has 3 heterocycles. The number of ether oxygens (including phenoxy) is 2. The van der Waals surface area contributed by atoms with Crippen LogP contribution in [-0.4, -0.2) is 109 Å². The molecule has 316 valence electrons. The van der Waals surface area contributed by atoms with Gasteiger partial charge in [-0.15, -0.1) is 0 Å². The summed E-state index contributed by atoms with van der Waals surface area (Å²) in [7, 11) is 0. The summed E-state index contributed by atoms with van der Waals surface area (Å²) in [6.07, 6.45) is -7.61. The predicted molar refractivity (Wildman–Crippen MR) is 197 cm³/mol. The molecule has 7 nitrogen and oxygen atoms in total. The lowest BCUT2D eigenvalue weighted by atomic mass is 9.72. The van der Waals surface area contributed by atoms with E-state index in [1.54, 1.807) is 35.2 Å². The Morgan fingerprint density at radius 3 is 1.70 bits per heavy atom. The smallest absolute Gasteiger partial charge is 0.392 e. The molecule has 57 heavy (non-hydrogen) atoms. The molecule has 5 fully saturated rings. The minimum Gasteiger partial charge on any atom is -0.459 e. The quantitative estimate of drug-likeness (QED) is 0.204. The molecule has 7 rings (SSSR count). The minimum absolute atomic E-state index is 0.0169. The Morgan fingerprint density at radius 1 is 0.684 bits per heavy atom. The molecule has 0 radical (unpaired) electrons. The van der Waals surface area contributed by atoms with E-state index < -0.39 is 66.5 Å². The van der Waals surface area contributed by atoms with Crippen molar-refractivity contribution in [3.8, 4) is 22.6 Å². The van der Waals surface area contributed by atoms with E-state index in [-0.39, 0.29) is 42.6 Å². The molecule has 1 amide bonds. The molecule has 15 heteroatoms. The van der Waals surface area contributed by atoms with Gasteiger partial charge in [0.1, 0.15) is 11.5 Å². The summed E-state index contributed by atoms with van der Waals surface area (Å²) in [5, 5.41) is 9.92. The van der Waals surface area contributed by atoms with Gasteiger partial charge in [-0.05, 0) is 126 Å². The first-order chi connectivity index (χ1) is 27.2. The van der Waals surface area contributed by atoms with Crippen molar-refractivity contribution in [1.82, 2.24) is 14.7 Å².